The summed E-state index contributed by atoms with van der Waals surface area (Å²) in [5.74, 6) is 0. The Labute approximate surface area is 117 Å². The maximum Gasteiger partial charge on any atom is 0.0702 e. The molecule has 0 radical (unpaired) electrons. The van der Waals surface area contributed by atoms with E-state index in [1.807, 2.05) is 7.05 Å². The van der Waals surface area contributed by atoms with Gasteiger partial charge in [-0.3, -0.25) is 0 Å². The maximum absolute atomic E-state index is 5.93. The fourth-order valence-electron chi connectivity index (χ4n) is 3.40. The van der Waals surface area contributed by atoms with E-state index in [9.17, 15) is 0 Å². The van der Waals surface area contributed by atoms with Crippen molar-refractivity contribution < 1.29 is 9.47 Å². The first-order chi connectivity index (χ1) is 9.28. The molecule has 2 saturated heterocycles. The van der Waals surface area contributed by atoms with Crippen LogP contribution in [-0.4, -0.2) is 64.1 Å². The van der Waals surface area contributed by atoms with Crippen molar-refractivity contribution >= 4 is 0 Å². The summed E-state index contributed by atoms with van der Waals surface area (Å²) in [6, 6.07) is 0. The molecule has 0 saturated carbocycles. The van der Waals surface area contributed by atoms with Gasteiger partial charge in [-0.2, -0.15) is 0 Å². The first kappa shape index (κ1) is 15.2. The molecule has 2 heterocycles. The quantitative estimate of drug-likeness (QED) is 0.760. The standard InChI is InChI=1S/C15H30N2O2/c1-3-8-19-14-5-4-7-17(10-14)12-15(11-16-2)6-9-18-13-15/h14,16H,3-13H2,1-2H3. The van der Waals surface area contributed by atoms with Gasteiger partial charge in [0.25, 0.3) is 0 Å². The van der Waals surface area contributed by atoms with E-state index >= 15 is 0 Å². The Kier molecular flexibility index (Phi) is 6.07. The van der Waals surface area contributed by atoms with Crippen molar-refractivity contribution in [1.29, 1.82) is 0 Å². The molecule has 0 aromatic carbocycles. The summed E-state index contributed by atoms with van der Waals surface area (Å²) in [5, 5.41) is 3.35. The van der Waals surface area contributed by atoms with E-state index < -0.39 is 0 Å². The van der Waals surface area contributed by atoms with E-state index in [1.165, 1.54) is 25.8 Å². The zero-order valence-electron chi connectivity index (χ0n) is 12.6. The molecule has 4 heteroatoms. The van der Waals surface area contributed by atoms with Crippen LogP contribution < -0.4 is 5.32 Å². The van der Waals surface area contributed by atoms with E-state index in [-0.39, 0.29) is 0 Å². The van der Waals surface area contributed by atoms with Gasteiger partial charge in [0.2, 0.25) is 0 Å². The highest BCUT2D eigenvalue weighted by molar-refractivity contribution is 4.89. The molecular formula is C15H30N2O2. The van der Waals surface area contributed by atoms with Crippen LogP contribution in [0.2, 0.25) is 0 Å². The van der Waals surface area contributed by atoms with Gasteiger partial charge in [-0.1, -0.05) is 6.92 Å². The molecule has 19 heavy (non-hydrogen) atoms. The Morgan fingerprint density at radius 2 is 2.37 bits per heavy atom. The molecular weight excluding hydrogens is 240 g/mol. The van der Waals surface area contributed by atoms with Crippen LogP contribution in [-0.2, 0) is 9.47 Å². The highest BCUT2D eigenvalue weighted by atomic mass is 16.5. The van der Waals surface area contributed by atoms with Crippen LogP contribution in [0.15, 0.2) is 0 Å². The molecule has 0 spiro atoms. The molecule has 0 aliphatic carbocycles. The molecule has 2 atom stereocenters. The molecule has 0 bridgehead atoms. The highest BCUT2D eigenvalue weighted by Crippen LogP contribution is 2.30. The fourth-order valence-corrected chi connectivity index (χ4v) is 3.40. The average molecular weight is 270 g/mol. The lowest BCUT2D eigenvalue weighted by Gasteiger charge is -2.38. The Hall–Kier alpha value is -0.160. The van der Waals surface area contributed by atoms with E-state index in [2.05, 4.69) is 17.1 Å². The van der Waals surface area contributed by atoms with E-state index in [4.69, 9.17) is 9.47 Å². The molecule has 2 fully saturated rings. The van der Waals surface area contributed by atoms with Crippen molar-refractivity contribution in [3.05, 3.63) is 0 Å². The lowest BCUT2D eigenvalue weighted by Crippen LogP contribution is -2.48. The van der Waals surface area contributed by atoms with Gasteiger partial charge in [0, 0.05) is 38.3 Å². The van der Waals surface area contributed by atoms with Crippen LogP contribution in [0.4, 0.5) is 0 Å². The largest absolute Gasteiger partial charge is 0.381 e. The first-order valence-electron chi connectivity index (χ1n) is 7.84. The molecule has 1 N–H and O–H groups in total. The Bertz CT molecular complexity index is 255. The molecule has 0 aromatic rings. The Balaban J connectivity index is 1.83. The van der Waals surface area contributed by atoms with E-state index in [0.717, 1.165) is 45.9 Å². The third-order valence-electron chi connectivity index (χ3n) is 4.32. The third-order valence-corrected chi connectivity index (χ3v) is 4.32. The molecule has 2 aliphatic heterocycles. The number of nitrogens with one attached hydrogen (secondary N) is 1. The summed E-state index contributed by atoms with van der Waals surface area (Å²) in [7, 11) is 2.05. The highest BCUT2D eigenvalue weighted by Gasteiger charge is 2.37. The van der Waals surface area contributed by atoms with Crippen LogP contribution in [0, 0.1) is 5.41 Å². The molecule has 2 unspecified atom stereocenters. The molecule has 2 rings (SSSR count). The van der Waals surface area contributed by atoms with Crippen molar-refractivity contribution in [2.45, 2.75) is 38.7 Å². The van der Waals surface area contributed by atoms with Crippen molar-refractivity contribution in [2.75, 3.05) is 53.0 Å². The third kappa shape index (κ3) is 4.42. The van der Waals surface area contributed by atoms with Crippen molar-refractivity contribution in [3.63, 3.8) is 0 Å². The number of likely N-dealkylation sites (tertiary alicyclic amines) is 1. The second-order valence-corrected chi connectivity index (χ2v) is 6.20. The number of hydrogen-bond acceptors (Lipinski definition) is 4. The lowest BCUT2D eigenvalue weighted by atomic mass is 9.86. The van der Waals surface area contributed by atoms with Crippen molar-refractivity contribution in [2.24, 2.45) is 5.41 Å². The van der Waals surface area contributed by atoms with E-state index in [1.54, 1.807) is 0 Å². The predicted octanol–water partition coefficient (Wildman–Crippen LogP) is 1.50. The molecule has 0 amide bonds. The van der Waals surface area contributed by atoms with Gasteiger partial charge in [-0.05, 0) is 39.3 Å². The molecule has 4 nitrogen and oxygen atoms in total. The van der Waals surface area contributed by atoms with Crippen LogP contribution in [0.3, 0.4) is 0 Å². The number of piperidine rings is 1. The second kappa shape index (κ2) is 7.58. The number of rotatable bonds is 7. The number of nitrogens with zero attached hydrogens (tertiary/aromatic N) is 1. The first-order valence-corrected chi connectivity index (χ1v) is 7.84. The zero-order chi connectivity index (χ0) is 13.6. The second-order valence-electron chi connectivity index (χ2n) is 6.20. The molecule has 0 aromatic heterocycles. The normalized spacial score (nSPS) is 32.8. The van der Waals surface area contributed by atoms with Gasteiger partial charge in [-0.25, -0.2) is 0 Å². The van der Waals surface area contributed by atoms with Crippen molar-refractivity contribution in [1.82, 2.24) is 10.2 Å². The fraction of sp³-hybridized carbons (Fsp3) is 1.00. The predicted molar refractivity (Wildman–Crippen MR) is 77.5 cm³/mol. The van der Waals surface area contributed by atoms with Crippen LogP contribution in [0.5, 0.6) is 0 Å². The number of ether oxygens (including phenoxy) is 2. The average Bonchev–Trinajstić information content (AvgIpc) is 2.85. The van der Waals surface area contributed by atoms with Crippen LogP contribution in [0.1, 0.15) is 32.6 Å². The van der Waals surface area contributed by atoms with Gasteiger partial charge in [0.15, 0.2) is 0 Å². The summed E-state index contributed by atoms with van der Waals surface area (Å²) >= 11 is 0. The van der Waals surface area contributed by atoms with Crippen LogP contribution >= 0.6 is 0 Å². The number of hydrogen-bond donors (Lipinski definition) is 1. The van der Waals surface area contributed by atoms with Gasteiger partial charge in [0.1, 0.15) is 0 Å². The summed E-state index contributed by atoms with van der Waals surface area (Å²) in [5.41, 5.74) is 0.321. The Morgan fingerprint density at radius 1 is 1.47 bits per heavy atom. The Morgan fingerprint density at radius 3 is 3.05 bits per heavy atom. The SMILES string of the molecule is CCCOC1CCCN(CC2(CNC)CCOC2)C1. The van der Waals surface area contributed by atoms with Crippen LogP contribution in [0.25, 0.3) is 0 Å². The topological polar surface area (TPSA) is 33.7 Å². The summed E-state index contributed by atoms with van der Waals surface area (Å²) in [6.45, 7) is 9.45. The monoisotopic (exact) mass is 270 g/mol. The molecule has 112 valence electrons. The van der Waals surface area contributed by atoms with Gasteiger partial charge >= 0.3 is 0 Å². The minimum atomic E-state index is 0.321. The van der Waals surface area contributed by atoms with Gasteiger partial charge in [-0.15, -0.1) is 0 Å². The van der Waals surface area contributed by atoms with Gasteiger partial charge in [0.05, 0.1) is 12.7 Å². The summed E-state index contributed by atoms with van der Waals surface area (Å²) in [6.07, 6.45) is 5.25. The molecule has 2 aliphatic rings. The summed E-state index contributed by atoms with van der Waals surface area (Å²) in [4.78, 5) is 2.59. The zero-order valence-corrected chi connectivity index (χ0v) is 12.6. The van der Waals surface area contributed by atoms with Gasteiger partial charge < -0.3 is 19.7 Å². The maximum atomic E-state index is 5.93. The smallest absolute Gasteiger partial charge is 0.0702 e. The minimum Gasteiger partial charge on any atom is -0.381 e. The minimum absolute atomic E-state index is 0.321. The van der Waals surface area contributed by atoms with Crippen molar-refractivity contribution in [3.8, 4) is 0 Å². The lowest BCUT2D eigenvalue weighted by molar-refractivity contribution is -0.0128. The van der Waals surface area contributed by atoms with E-state index in [0.29, 0.717) is 11.5 Å². The summed E-state index contributed by atoms with van der Waals surface area (Å²) < 4.78 is 11.6.